The first-order chi connectivity index (χ1) is 6.31. The Morgan fingerprint density at radius 3 is 3.08 bits per heavy atom. The van der Waals surface area contributed by atoms with Gasteiger partial charge in [-0.15, -0.1) is 5.10 Å². The van der Waals surface area contributed by atoms with Gasteiger partial charge in [0.1, 0.15) is 4.60 Å². The Bertz CT molecular complexity index is 427. The minimum absolute atomic E-state index is 0.416. The van der Waals surface area contributed by atoms with Crippen LogP contribution in [0.25, 0.3) is 5.65 Å². The van der Waals surface area contributed by atoms with Crippen LogP contribution in [-0.4, -0.2) is 26.4 Å². The van der Waals surface area contributed by atoms with E-state index in [0.717, 1.165) is 4.60 Å². The predicted molar refractivity (Wildman–Crippen MR) is 49.7 cm³/mol. The summed E-state index contributed by atoms with van der Waals surface area (Å²) in [6.45, 7) is 2.44. The van der Waals surface area contributed by atoms with Gasteiger partial charge in [0.05, 0.1) is 6.61 Å². The standard InChI is InChI=1S/C7H7BrN4O/c1-2-13-7-10-9-6-4-3-5(8)11-12(6)7/h3-4H,2H2,1H3. The molecule has 0 aliphatic carbocycles. The SMILES string of the molecule is CCOc1nnc2ccc(Br)nn12. The monoisotopic (exact) mass is 242 g/mol. The van der Waals surface area contributed by atoms with Gasteiger partial charge in [-0.05, 0) is 35.0 Å². The molecule has 2 heterocycles. The molecule has 68 valence electrons. The van der Waals surface area contributed by atoms with Gasteiger partial charge in [0.25, 0.3) is 0 Å². The average Bonchev–Trinajstić information content (AvgIpc) is 2.49. The van der Waals surface area contributed by atoms with Crippen LogP contribution in [0.15, 0.2) is 16.7 Å². The van der Waals surface area contributed by atoms with E-state index in [0.29, 0.717) is 18.3 Å². The van der Waals surface area contributed by atoms with Crippen molar-refractivity contribution in [3.63, 3.8) is 0 Å². The highest BCUT2D eigenvalue weighted by Crippen LogP contribution is 2.11. The van der Waals surface area contributed by atoms with Crippen LogP contribution >= 0.6 is 15.9 Å². The minimum Gasteiger partial charge on any atom is -0.463 e. The first-order valence-electron chi connectivity index (χ1n) is 3.82. The van der Waals surface area contributed by atoms with Gasteiger partial charge in [0.15, 0.2) is 5.65 Å². The van der Waals surface area contributed by atoms with Gasteiger partial charge >= 0.3 is 6.01 Å². The number of ether oxygens (including phenoxy) is 1. The predicted octanol–water partition coefficient (Wildman–Crippen LogP) is 1.29. The van der Waals surface area contributed by atoms with Gasteiger partial charge in [-0.1, -0.05) is 5.10 Å². The van der Waals surface area contributed by atoms with E-state index in [1.807, 2.05) is 13.0 Å². The molecule has 5 nitrogen and oxygen atoms in total. The lowest BCUT2D eigenvalue weighted by Crippen LogP contribution is -1.99. The van der Waals surface area contributed by atoms with E-state index in [4.69, 9.17) is 4.74 Å². The van der Waals surface area contributed by atoms with Crippen LogP contribution in [0.2, 0.25) is 0 Å². The van der Waals surface area contributed by atoms with E-state index in [1.165, 1.54) is 0 Å². The Morgan fingerprint density at radius 2 is 2.31 bits per heavy atom. The summed E-state index contributed by atoms with van der Waals surface area (Å²) in [5.74, 6) is 0. The molecule has 0 saturated carbocycles. The molecule has 6 heteroatoms. The molecule has 2 aromatic rings. The summed E-state index contributed by atoms with van der Waals surface area (Å²) in [4.78, 5) is 0. The lowest BCUT2D eigenvalue weighted by Gasteiger charge is -1.98. The number of nitrogens with zero attached hydrogens (tertiary/aromatic N) is 4. The maximum atomic E-state index is 5.22. The van der Waals surface area contributed by atoms with Crippen molar-refractivity contribution in [2.75, 3.05) is 6.61 Å². The van der Waals surface area contributed by atoms with Gasteiger partial charge in [-0.2, -0.15) is 9.61 Å². The van der Waals surface area contributed by atoms with Crippen LogP contribution in [0.1, 0.15) is 6.92 Å². The molecule has 0 spiro atoms. The zero-order valence-corrected chi connectivity index (χ0v) is 8.52. The third-order valence-electron chi connectivity index (χ3n) is 1.48. The van der Waals surface area contributed by atoms with Crippen molar-refractivity contribution >= 4 is 21.6 Å². The van der Waals surface area contributed by atoms with Crippen LogP contribution < -0.4 is 4.74 Å². The molecule has 0 aromatic carbocycles. The third-order valence-corrected chi connectivity index (χ3v) is 1.90. The zero-order chi connectivity index (χ0) is 9.26. The summed E-state index contributed by atoms with van der Waals surface area (Å²) in [6, 6.07) is 4.03. The summed E-state index contributed by atoms with van der Waals surface area (Å²) in [6.07, 6.45) is 0. The molecule has 0 unspecified atom stereocenters. The molecule has 0 saturated heterocycles. The number of aromatic nitrogens is 4. The second kappa shape index (κ2) is 3.29. The van der Waals surface area contributed by atoms with Crippen molar-refractivity contribution < 1.29 is 4.74 Å². The fraction of sp³-hybridized carbons (Fsp3) is 0.286. The molecule has 0 bridgehead atoms. The molecule has 0 N–H and O–H groups in total. The van der Waals surface area contributed by atoms with Crippen molar-refractivity contribution in [3.8, 4) is 6.01 Å². The van der Waals surface area contributed by atoms with E-state index < -0.39 is 0 Å². The van der Waals surface area contributed by atoms with E-state index in [2.05, 4.69) is 31.2 Å². The molecule has 0 amide bonds. The Labute approximate surface area is 82.9 Å². The molecule has 13 heavy (non-hydrogen) atoms. The smallest absolute Gasteiger partial charge is 0.338 e. The van der Waals surface area contributed by atoms with Crippen molar-refractivity contribution in [1.29, 1.82) is 0 Å². The highest BCUT2D eigenvalue weighted by molar-refractivity contribution is 9.10. The summed E-state index contributed by atoms with van der Waals surface area (Å²) in [5.41, 5.74) is 0.673. The first kappa shape index (κ1) is 8.43. The zero-order valence-electron chi connectivity index (χ0n) is 6.94. The summed E-state index contributed by atoms with van der Waals surface area (Å²) < 4.78 is 7.49. The van der Waals surface area contributed by atoms with Crippen LogP contribution in [0.4, 0.5) is 0 Å². The molecule has 0 fully saturated rings. The Balaban J connectivity index is 2.58. The van der Waals surface area contributed by atoms with E-state index in [-0.39, 0.29) is 0 Å². The van der Waals surface area contributed by atoms with Crippen molar-refractivity contribution in [2.24, 2.45) is 0 Å². The van der Waals surface area contributed by atoms with Crippen molar-refractivity contribution in [3.05, 3.63) is 16.7 Å². The molecule has 2 aromatic heterocycles. The normalized spacial score (nSPS) is 10.6. The molecule has 0 aliphatic heterocycles. The largest absolute Gasteiger partial charge is 0.463 e. The Hall–Kier alpha value is -1.17. The Morgan fingerprint density at radius 1 is 1.46 bits per heavy atom. The summed E-state index contributed by atoms with van der Waals surface area (Å²) in [7, 11) is 0. The number of halogens is 1. The highest BCUT2D eigenvalue weighted by atomic mass is 79.9. The number of hydrogen-bond donors (Lipinski definition) is 0. The maximum Gasteiger partial charge on any atom is 0.338 e. The lowest BCUT2D eigenvalue weighted by molar-refractivity contribution is 0.304. The highest BCUT2D eigenvalue weighted by Gasteiger charge is 2.06. The van der Waals surface area contributed by atoms with Gasteiger partial charge in [0, 0.05) is 0 Å². The van der Waals surface area contributed by atoms with E-state index in [9.17, 15) is 0 Å². The van der Waals surface area contributed by atoms with Gasteiger partial charge in [-0.25, -0.2) is 0 Å². The third kappa shape index (κ3) is 1.49. The molecule has 0 radical (unpaired) electrons. The van der Waals surface area contributed by atoms with Crippen molar-refractivity contribution in [1.82, 2.24) is 19.8 Å². The molecule has 0 aliphatic rings. The van der Waals surface area contributed by atoms with E-state index in [1.54, 1.807) is 10.6 Å². The first-order valence-corrected chi connectivity index (χ1v) is 4.61. The second-order valence-electron chi connectivity index (χ2n) is 2.34. The number of rotatable bonds is 2. The molecular formula is C7H7BrN4O. The quantitative estimate of drug-likeness (QED) is 0.797. The number of fused-ring (bicyclic) bond motifs is 1. The lowest BCUT2D eigenvalue weighted by atomic mass is 10.6. The number of hydrogen-bond acceptors (Lipinski definition) is 4. The van der Waals surface area contributed by atoms with Gasteiger partial charge in [0.2, 0.25) is 0 Å². The van der Waals surface area contributed by atoms with Crippen LogP contribution in [0, 0.1) is 0 Å². The van der Waals surface area contributed by atoms with E-state index >= 15 is 0 Å². The second-order valence-corrected chi connectivity index (χ2v) is 3.15. The van der Waals surface area contributed by atoms with Crippen LogP contribution in [0.3, 0.4) is 0 Å². The fourth-order valence-electron chi connectivity index (χ4n) is 0.966. The maximum absolute atomic E-state index is 5.22. The van der Waals surface area contributed by atoms with Crippen molar-refractivity contribution in [2.45, 2.75) is 6.92 Å². The molecular weight excluding hydrogens is 236 g/mol. The topological polar surface area (TPSA) is 52.3 Å². The fourth-order valence-corrected chi connectivity index (χ4v) is 1.26. The Kier molecular flexibility index (Phi) is 2.13. The van der Waals surface area contributed by atoms with Crippen LogP contribution in [0.5, 0.6) is 6.01 Å². The van der Waals surface area contributed by atoms with Gasteiger partial charge < -0.3 is 4.74 Å². The average molecular weight is 243 g/mol. The minimum atomic E-state index is 0.416. The summed E-state index contributed by atoms with van der Waals surface area (Å²) >= 11 is 3.26. The van der Waals surface area contributed by atoms with Gasteiger partial charge in [-0.3, -0.25) is 0 Å². The molecule has 0 atom stereocenters. The van der Waals surface area contributed by atoms with Crippen LogP contribution in [-0.2, 0) is 0 Å². The summed E-state index contributed by atoms with van der Waals surface area (Å²) in [5, 5.41) is 11.9. The molecule has 2 rings (SSSR count).